The van der Waals surface area contributed by atoms with Crippen molar-refractivity contribution in [2.75, 3.05) is 0 Å². The summed E-state index contributed by atoms with van der Waals surface area (Å²) in [4.78, 5) is 4.80. The van der Waals surface area contributed by atoms with Gasteiger partial charge in [-0.15, -0.1) is 11.3 Å². The molecule has 5 heteroatoms. The summed E-state index contributed by atoms with van der Waals surface area (Å²) in [6, 6.07) is 2.30. The topological polar surface area (TPSA) is 59.1 Å². The zero-order valence-electron chi connectivity index (χ0n) is 9.57. The molecule has 1 aromatic heterocycles. The van der Waals surface area contributed by atoms with Gasteiger partial charge in [0.25, 0.3) is 0 Å². The van der Waals surface area contributed by atoms with Crippen LogP contribution in [0, 0.1) is 12.7 Å². The molecule has 0 spiro atoms. The summed E-state index contributed by atoms with van der Waals surface area (Å²) in [6.45, 7) is 3.51. The van der Waals surface area contributed by atoms with Gasteiger partial charge in [-0.25, -0.2) is 9.37 Å². The molecule has 0 aliphatic rings. The normalized spacial score (nSPS) is 12.7. The van der Waals surface area contributed by atoms with E-state index in [1.807, 2.05) is 6.92 Å². The lowest BCUT2D eigenvalue weighted by Gasteiger charge is -2.11. The molecule has 2 rings (SSSR count). The third-order valence-electron chi connectivity index (χ3n) is 2.60. The highest BCUT2D eigenvalue weighted by Gasteiger charge is 2.15. The maximum absolute atomic E-state index is 13.9. The maximum atomic E-state index is 13.9. The first kappa shape index (κ1) is 12.0. The molecule has 0 bridgehead atoms. The second-order valence-electron chi connectivity index (χ2n) is 3.95. The van der Waals surface area contributed by atoms with Crippen molar-refractivity contribution < 1.29 is 9.50 Å². The first-order valence-corrected chi connectivity index (χ1v) is 6.07. The Morgan fingerprint density at radius 1 is 1.47 bits per heavy atom. The molecule has 1 atom stereocenters. The van der Waals surface area contributed by atoms with Crippen LogP contribution in [0.5, 0.6) is 5.75 Å². The first-order valence-electron chi connectivity index (χ1n) is 5.19. The number of aromatic nitrogens is 1. The highest BCUT2D eigenvalue weighted by Crippen LogP contribution is 2.35. The molecule has 0 radical (unpaired) electrons. The zero-order chi connectivity index (χ0) is 12.6. The van der Waals surface area contributed by atoms with Crippen LogP contribution in [0.1, 0.15) is 24.2 Å². The minimum Gasteiger partial charge on any atom is -0.508 e. The van der Waals surface area contributed by atoms with Gasteiger partial charge in [0.1, 0.15) is 11.6 Å². The fraction of sp³-hybridized carbons (Fsp3) is 0.250. The number of halogens is 1. The van der Waals surface area contributed by atoms with Crippen molar-refractivity contribution in [1.82, 2.24) is 4.98 Å². The van der Waals surface area contributed by atoms with Crippen LogP contribution in [-0.2, 0) is 0 Å². The summed E-state index contributed by atoms with van der Waals surface area (Å²) in [6.07, 6.45) is 0. The van der Waals surface area contributed by atoms with Gasteiger partial charge in [0, 0.05) is 17.2 Å². The smallest absolute Gasteiger partial charge is 0.132 e. The van der Waals surface area contributed by atoms with Crippen LogP contribution in [0.25, 0.3) is 10.4 Å². The van der Waals surface area contributed by atoms with Crippen molar-refractivity contribution in [3.63, 3.8) is 0 Å². The lowest BCUT2D eigenvalue weighted by Crippen LogP contribution is -2.06. The average molecular weight is 252 g/mol. The Balaban J connectivity index is 2.58. The van der Waals surface area contributed by atoms with E-state index in [2.05, 4.69) is 4.98 Å². The summed E-state index contributed by atoms with van der Waals surface area (Å²) in [5.74, 6) is -0.369. The molecule has 0 amide bonds. The molecule has 1 aromatic carbocycles. The molecule has 0 aliphatic heterocycles. The molecule has 0 aliphatic carbocycles. The predicted octanol–water partition coefficient (Wildman–Crippen LogP) is 2.98. The number of nitrogens with two attached hydrogens (primary N) is 1. The molecule has 0 saturated carbocycles. The predicted molar refractivity (Wildman–Crippen MR) is 66.5 cm³/mol. The minimum absolute atomic E-state index is 0.0178. The number of hydrogen-bond donors (Lipinski definition) is 2. The summed E-state index contributed by atoms with van der Waals surface area (Å²) in [5, 5.41) is 9.81. The molecule has 0 fully saturated rings. The lowest BCUT2D eigenvalue weighted by molar-refractivity contribution is 0.461. The number of aryl methyl sites for hydroxylation is 1. The SMILES string of the molecule is Cc1ncsc1-c1cc(O)c([C@H](C)N)cc1F. The van der Waals surface area contributed by atoms with Crippen LogP contribution in [0.2, 0.25) is 0 Å². The van der Waals surface area contributed by atoms with Gasteiger partial charge in [0.05, 0.1) is 16.1 Å². The number of phenolic OH excluding ortho intramolecular Hbond substituents is 1. The van der Waals surface area contributed by atoms with E-state index in [1.165, 1.54) is 23.5 Å². The van der Waals surface area contributed by atoms with Crippen LogP contribution in [0.3, 0.4) is 0 Å². The molecule has 3 nitrogen and oxygen atoms in total. The molecule has 2 aromatic rings. The van der Waals surface area contributed by atoms with E-state index in [-0.39, 0.29) is 11.6 Å². The molecule has 3 N–H and O–H groups in total. The summed E-state index contributed by atoms with van der Waals surface area (Å²) >= 11 is 1.35. The van der Waals surface area contributed by atoms with Gasteiger partial charge in [0.2, 0.25) is 0 Å². The zero-order valence-corrected chi connectivity index (χ0v) is 10.4. The number of nitrogens with zero attached hydrogens (tertiary/aromatic N) is 1. The molecule has 0 saturated heterocycles. The quantitative estimate of drug-likeness (QED) is 0.863. The third kappa shape index (κ3) is 2.16. The van der Waals surface area contributed by atoms with Crippen molar-refractivity contribution in [3.05, 3.63) is 34.7 Å². The second kappa shape index (κ2) is 4.43. The van der Waals surface area contributed by atoms with E-state index in [9.17, 15) is 9.50 Å². The van der Waals surface area contributed by atoms with E-state index in [1.54, 1.807) is 12.4 Å². The minimum atomic E-state index is -0.402. The number of aromatic hydroxyl groups is 1. The Bertz CT molecular complexity index is 551. The van der Waals surface area contributed by atoms with Crippen molar-refractivity contribution in [2.45, 2.75) is 19.9 Å². The number of rotatable bonds is 2. The van der Waals surface area contributed by atoms with Crippen molar-refractivity contribution in [1.29, 1.82) is 0 Å². The number of benzene rings is 1. The van der Waals surface area contributed by atoms with Crippen LogP contribution >= 0.6 is 11.3 Å². The van der Waals surface area contributed by atoms with Gasteiger partial charge in [-0.1, -0.05) is 0 Å². The van der Waals surface area contributed by atoms with Gasteiger partial charge in [-0.2, -0.15) is 0 Å². The molecular weight excluding hydrogens is 239 g/mol. The summed E-state index contributed by atoms with van der Waals surface area (Å²) < 4.78 is 13.9. The monoisotopic (exact) mass is 252 g/mol. The van der Waals surface area contributed by atoms with E-state index in [0.717, 1.165) is 10.6 Å². The fourth-order valence-electron chi connectivity index (χ4n) is 1.68. The van der Waals surface area contributed by atoms with Crippen LogP contribution in [0.4, 0.5) is 4.39 Å². The Hall–Kier alpha value is -1.46. The Kier molecular flexibility index (Phi) is 3.13. The molecular formula is C12H13FN2OS. The molecule has 90 valence electrons. The largest absolute Gasteiger partial charge is 0.508 e. The van der Waals surface area contributed by atoms with Crippen molar-refractivity contribution in [3.8, 4) is 16.2 Å². The van der Waals surface area contributed by atoms with Gasteiger partial charge in [-0.3, -0.25) is 0 Å². The number of hydrogen-bond acceptors (Lipinski definition) is 4. The molecule has 1 heterocycles. The fourth-order valence-corrected chi connectivity index (χ4v) is 2.50. The first-order chi connectivity index (χ1) is 8.00. The molecule has 17 heavy (non-hydrogen) atoms. The number of thiazole rings is 1. The van der Waals surface area contributed by atoms with Crippen molar-refractivity contribution >= 4 is 11.3 Å². The Labute approximate surface area is 103 Å². The van der Waals surface area contributed by atoms with Gasteiger partial charge < -0.3 is 10.8 Å². The van der Waals surface area contributed by atoms with E-state index in [0.29, 0.717) is 11.1 Å². The summed E-state index contributed by atoms with van der Waals surface area (Å²) in [7, 11) is 0. The standard InChI is InChI=1S/C12H13FN2OS/c1-6(14)8-3-10(13)9(4-11(8)16)12-7(2)15-5-17-12/h3-6,16H,14H2,1-2H3/t6-/m0/s1. The summed E-state index contributed by atoms with van der Waals surface area (Å²) in [5.41, 5.74) is 8.83. The van der Waals surface area contributed by atoms with E-state index in [4.69, 9.17) is 5.73 Å². The number of phenols is 1. The Morgan fingerprint density at radius 3 is 2.71 bits per heavy atom. The molecule has 0 unspecified atom stereocenters. The highest BCUT2D eigenvalue weighted by atomic mass is 32.1. The van der Waals surface area contributed by atoms with Gasteiger partial charge in [-0.05, 0) is 26.0 Å². The van der Waals surface area contributed by atoms with E-state index >= 15 is 0 Å². The second-order valence-corrected chi connectivity index (χ2v) is 4.80. The van der Waals surface area contributed by atoms with Crippen LogP contribution < -0.4 is 5.73 Å². The van der Waals surface area contributed by atoms with E-state index < -0.39 is 6.04 Å². The Morgan fingerprint density at radius 2 is 2.18 bits per heavy atom. The third-order valence-corrected chi connectivity index (χ3v) is 3.56. The average Bonchev–Trinajstić information content (AvgIpc) is 2.67. The van der Waals surface area contributed by atoms with Crippen LogP contribution in [0.15, 0.2) is 17.6 Å². The lowest BCUT2D eigenvalue weighted by atomic mass is 10.0. The maximum Gasteiger partial charge on any atom is 0.132 e. The van der Waals surface area contributed by atoms with Crippen LogP contribution in [-0.4, -0.2) is 10.1 Å². The van der Waals surface area contributed by atoms with Gasteiger partial charge >= 0.3 is 0 Å². The van der Waals surface area contributed by atoms with Gasteiger partial charge in [0.15, 0.2) is 0 Å². The van der Waals surface area contributed by atoms with Crippen molar-refractivity contribution in [2.24, 2.45) is 5.73 Å². The highest BCUT2D eigenvalue weighted by molar-refractivity contribution is 7.13.